The first-order valence-corrected chi connectivity index (χ1v) is 10.2. The predicted molar refractivity (Wildman–Crippen MR) is 115 cm³/mol. The molecule has 0 aliphatic carbocycles. The van der Waals surface area contributed by atoms with Gasteiger partial charge in [0, 0.05) is 5.56 Å². The summed E-state index contributed by atoms with van der Waals surface area (Å²) in [5, 5.41) is 60.3. The minimum Gasteiger partial charge on any atom is -0.504 e. The van der Waals surface area contributed by atoms with Gasteiger partial charge in [-0.15, -0.1) is 0 Å². The monoisotopic (exact) mass is 460 g/mol. The Morgan fingerprint density at radius 2 is 1.73 bits per heavy atom. The number of aliphatic hydroxyl groups excluding tert-OH is 4. The molecule has 0 amide bonds. The smallest absolute Gasteiger partial charge is 0.235 e. The molecule has 10 heteroatoms. The largest absolute Gasteiger partial charge is 0.504 e. The molecule has 0 bridgehead atoms. The van der Waals surface area contributed by atoms with Crippen molar-refractivity contribution in [2.75, 3.05) is 6.61 Å². The third kappa shape index (κ3) is 4.03. The molecule has 1 aromatic heterocycles. The van der Waals surface area contributed by atoms with E-state index >= 15 is 0 Å². The Morgan fingerprint density at radius 1 is 1.00 bits per heavy atom. The van der Waals surface area contributed by atoms with Crippen LogP contribution in [0, 0.1) is 13.8 Å². The number of aliphatic hydroxyl groups is 4. The van der Waals surface area contributed by atoms with Gasteiger partial charge in [0.1, 0.15) is 30.0 Å². The molecule has 5 atom stereocenters. The minimum atomic E-state index is -1.66. The minimum absolute atomic E-state index is 0.146. The molecule has 0 radical (unpaired) electrons. The Balaban J connectivity index is 1.68. The zero-order valence-corrected chi connectivity index (χ0v) is 17.8. The van der Waals surface area contributed by atoms with Gasteiger partial charge in [0.25, 0.3) is 0 Å². The second kappa shape index (κ2) is 8.65. The summed E-state index contributed by atoms with van der Waals surface area (Å²) in [5.41, 5.74) is 1.39. The van der Waals surface area contributed by atoms with E-state index in [4.69, 9.17) is 13.9 Å². The number of hydrogen-bond donors (Lipinski definition) is 6. The molecule has 2 heterocycles. The van der Waals surface area contributed by atoms with Crippen LogP contribution in [0.15, 0.2) is 39.5 Å². The predicted octanol–water partition coefficient (Wildman–Crippen LogP) is 0.667. The van der Waals surface area contributed by atoms with E-state index in [1.165, 1.54) is 18.2 Å². The first-order valence-electron chi connectivity index (χ1n) is 10.2. The average Bonchev–Trinajstić information content (AvgIpc) is 2.77. The summed E-state index contributed by atoms with van der Waals surface area (Å²) < 4.78 is 16.5. The van der Waals surface area contributed by atoms with Gasteiger partial charge >= 0.3 is 0 Å². The lowest BCUT2D eigenvalue weighted by atomic mass is 9.99. The van der Waals surface area contributed by atoms with Gasteiger partial charge in [0.15, 0.2) is 17.3 Å². The molecule has 33 heavy (non-hydrogen) atoms. The molecule has 0 spiro atoms. The van der Waals surface area contributed by atoms with E-state index in [9.17, 15) is 35.4 Å². The summed E-state index contributed by atoms with van der Waals surface area (Å²) in [7, 11) is 0. The average molecular weight is 460 g/mol. The second-order valence-corrected chi connectivity index (χ2v) is 8.06. The number of phenols is 1. The highest BCUT2D eigenvalue weighted by Crippen LogP contribution is 2.37. The molecule has 176 valence electrons. The van der Waals surface area contributed by atoms with Crippen molar-refractivity contribution >= 4 is 11.0 Å². The molecule has 6 N–H and O–H groups in total. The van der Waals surface area contributed by atoms with E-state index in [0.717, 1.165) is 5.56 Å². The van der Waals surface area contributed by atoms with Crippen LogP contribution in [-0.2, 0) is 4.74 Å². The van der Waals surface area contributed by atoms with Gasteiger partial charge in [-0.05, 0) is 49.2 Å². The normalized spacial score (nSPS) is 25.3. The molecule has 0 unspecified atom stereocenters. The van der Waals surface area contributed by atoms with E-state index in [-0.39, 0.29) is 28.0 Å². The number of phenolic OH excluding ortho intramolecular Hbond substituents is 1. The summed E-state index contributed by atoms with van der Waals surface area (Å²) in [6.07, 6.45) is -7.51. The van der Waals surface area contributed by atoms with Crippen molar-refractivity contribution in [1.82, 2.24) is 0 Å². The summed E-state index contributed by atoms with van der Waals surface area (Å²) in [5.74, 6) is -1.35. The zero-order valence-electron chi connectivity index (χ0n) is 17.8. The lowest BCUT2D eigenvalue weighted by Gasteiger charge is -2.39. The molecule has 2 aromatic carbocycles. The molecule has 3 aromatic rings. The maximum atomic E-state index is 12.7. The molecule has 1 aliphatic heterocycles. The highest BCUT2D eigenvalue weighted by molar-refractivity contribution is 5.85. The van der Waals surface area contributed by atoms with E-state index < -0.39 is 54.2 Å². The summed E-state index contributed by atoms with van der Waals surface area (Å²) in [6.45, 7) is 2.95. The molecule has 1 fully saturated rings. The Labute approximate surface area is 187 Å². The van der Waals surface area contributed by atoms with Gasteiger partial charge in [-0.1, -0.05) is 6.07 Å². The maximum Gasteiger partial charge on any atom is 0.235 e. The van der Waals surface area contributed by atoms with E-state index in [1.807, 2.05) is 6.92 Å². The van der Waals surface area contributed by atoms with E-state index in [0.29, 0.717) is 5.56 Å². The van der Waals surface area contributed by atoms with Crippen molar-refractivity contribution in [3.8, 4) is 28.6 Å². The number of fused-ring (bicyclic) bond motifs is 1. The van der Waals surface area contributed by atoms with E-state index in [1.54, 1.807) is 19.1 Å². The zero-order chi connectivity index (χ0) is 24.0. The Kier molecular flexibility index (Phi) is 6.04. The standard InChI is InChI=1S/C23H24O10/c1-9-5-10(2)16-14(6-9)31-22(20(29)18(16)27)11-3-4-13(12(25)7-11)32-23-21(30)19(28)17(26)15(8-24)33-23/h3-7,15,17,19,21,23-26,28-30H,8H2,1-2H3/t15-,17-,19+,21-,23-/m1/s1. The van der Waals surface area contributed by atoms with Crippen molar-refractivity contribution in [3.05, 3.63) is 51.7 Å². The van der Waals surface area contributed by atoms with Gasteiger partial charge in [-0.25, -0.2) is 0 Å². The number of aromatic hydroxyl groups is 2. The third-order valence-electron chi connectivity index (χ3n) is 5.63. The van der Waals surface area contributed by atoms with Gasteiger partial charge < -0.3 is 44.5 Å². The van der Waals surface area contributed by atoms with Crippen LogP contribution >= 0.6 is 0 Å². The summed E-state index contributed by atoms with van der Waals surface area (Å²) in [6, 6.07) is 7.35. The van der Waals surface area contributed by atoms with Gasteiger partial charge in [0.2, 0.25) is 17.5 Å². The summed E-state index contributed by atoms with van der Waals surface area (Å²) >= 11 is 0. The first kappa shape index (κ1) is 23.0. The van der Waals surface area contributed by atoms with Crippen LogP contribution in [0.2, 0.25) is 0 Å². The first-order chi connectivity index (χ1) is 15.6. The highest BCUT2D eigenvalue weighted by Gasteiger charge is 2.44. The fraction of sp³-hybridized carbons (Fsp3) is 0.348. The van der Waals surface area contributed by atoms with Crippen LogP contribution in [0.1, 0.15) is 11.1 Å². The molecular weight excluding hydrogens is 436 g/mol. The van der Waals surface area contributed by atoms with Crippen molar-refractivity contribution in [1.29, 1.82) is 0 Å². The lowest BCUT2D eigenvalue weighted by Crippen LogP contribution is -2.60. The van der Waals surface area contributed by atoms with Crippen molar-refractivity contribution < 1.29 is 44.5 Å². The van der Waals surface area contributed by atoms with Crippen LogP contribution in [0.5, 0.6) is 17.2 Å². The van der Waals surface area contributed by atoms with Crippen LogP contribution in [0.25, 0.3) is 22.3 Å². The van der Waals surface area contributed by atoms with E-state index in [2.05, 4.69) is 0 Å². The third-order valence-corrected chi connectivity index (χ3v) is 5.63. The molecule has 10 nitrogen and oxygen atoms in total. The van der Waals surface area contributed by atoms with Crippen LogP contribution in [0.4, 0.5) is 0 Å². The highest BCUT2D eigenvalue weighted by atomic mass is 16.7. The topological polar surface area (TPSA) is 170 Å². The van der Waals surface area contributed by atoms with Crippen molar-refractivity contribution in [3.63, 3.8) is 0 Å². The fourth-order valence-corrected chi connectivity index (χ4v) is 3.92. The van der Waals surface area contributed by atoms with Crippen LogP contribution in [-0.4, -0.2) is 68.0 Å². The second-order valence-electron chi connectivity index (χ2n) is 8.06. The maximum absolute atomic E-state index is 12.7. The molecule has 0 saturated carbocycles. The number of rotatable bonds is 4. The van der Waals surface area contributed by atoms with Gasteiger partial charge in [-0.3, -0.25) is 4.79 Å². The lowest BCUT2D eigenvalue weighted by molar-refractivity contribution is -0.277. The number of aryl methyl sites for hydroxylation is 2. The van der Waals surface area contributed by atoms with Crippen LogP contribution < -0.4 is 10.2 Å². The Bertz CT molecular complexity index is 1250. The quantitative estimate of drug-likeness (QED) is 0.325. The van der Waals surface area contributed by atoms with Crippen molar-refractivity contribution in [2.45, 2.75) is 44.6 Å². The fourth-order valence-electron chi connectivity index (χ4n) is 3.92. The molecule has 1 aliphatic rings. The Hall–Kier alpha value is -3.15. The van der Waals surface area contributed by atoms with Gasteiger partial charge in [0.05, 0.1) is 12.0 Å². The summed E-state index contributed by atoms with van der Waals surface area (Å²) in [4.78, 5) is 12.7. The Morgan fingerprint density at radius 3 is 2.39 bits per heavy atom. The van der Waals surface area contributed by atoms with Crippen LogP contribution in [0.3, 0.4) is 0 Å². The van der Waals surface area contributed by atoms with Crippen molar-refractivity contribution in [2.24, 2.45) is 0 Å². The molecular formula is C23H24O10. The molecule has 4 rings (SSSR count). The van der Waals surface area contributed by atoms with Gasteiger partial charge in [-0.2, -0.15) is 0 Å². The number of hydrogen-bond acceptors (Lipinski definition) is 10. The molecule has 1 saturated heterocycles. The SMILES string of the molecule is Cc1cc(C)c2c(=O)c(O)c(-c3ccc(O[C@@H]4O[C@H](CO)[C@@H](O)[C@H](O)[C@H]4O)c(O)c3)oc2c1. The number of benzene rings is 2. The number of ether oxygens (including phenoxy) is 2.